The van der Waals surface area contributed by atoms with Gasteiger partial charge in [0.1, 0.15) is 5.82 Å². The molecule has 2 aromatic rings. The van der Waals surface area contributed by atoms with Gasteiger partial charge < -0.3 is 4.57 Å². The predicted molar refractivity (Wildman–Crippen MR) is 159 cm³/mol. The Morgan fingerprint density at radius 1 is 0.611 bits per heavy atom. The zero-order valence-electron chi connectivity index (χ0n) is 24.3. The van der Waals surface area contributed by atoms with Crippen molar-refractivity contribution in [1.29, 1.82) is 0 Å². The van der Waals surface area contributed by atoms with E-state index < -0.39 is 0 Å². The normalized spacial score (nSPS) is 11.6. The largest absolute Gasteiger partial charge is 0.334 e. The minimum atomic E-state index is 0.499. The van der Waals surface area contributed by atoms with Gasteiger partial charge in [-0.25, -0.2) is 4.98 Å². The fraction of sp³-hybridized carbons (Fsp3) is 0.735. The molecule has 204 valence electrons. The number of aryl methyl sites for hydroxylation is 3. The van der Waals surface area contributed by atoms with Crippen LogP contribution >= 0.6 is 0 Å². The van der Waals surface area contributed by atoms with E-state index in [1.54, 1.807) is 0 Å². The summed E-state index contributed by atoms with van der Waals surface area (Å²) in [4.78, 5) is 5.00. The van der Waals surface area contributed by atoms with Crippen molar-refractivity contribution in [2.75, 3.05) is 0 Å². The molecule has 0 saturated carbocycles. The van der Waals surface area contributed by atoms with Crippen molar-refractivity contribution in [2.45, 2.75) is 162 Å². The molecular formula is C34H58N2. The molecule has 36 heavy (non-hydrogen) atoms. The van der Waals surface area contributed by atoms with Gasteiger partial charge in [0, 0.05) is 18.7 Å². The molecule has 0 aliphatic heterocycles. The molecule has 2 nitrogen and oxygen atoms in total. The molecule has 1 aromatic carbocycles. The summed E-state index contributed by atoms with van der Waals surface area (Å²) >= 11 is 0. The van der Waals surface area contributed by atoms with Crippen LogP contribution in [0.15, 0.2) is 36.5 Å². The van der Waals surface area contributed by atoms with Crippen LogP contribution in [0, 0.1) is 0 Å². The van der Waals surface area contributed by atoms with Gasteiger partial charge in [-0.05, 0) is 31.2 Å². The molecule has 1 aromatic heterocycles. The van der Waals surface area contributed by atoms with Crippen molar-refractivity contribution in [3.05, 3.63) is 53.6 Å². The molecule has 0 radical (unpaired) electrons. The Kier molecular flexibility index (Phi) is 17.4. The summed E-state index contributed by atoms with van der Waals surface area (Å²) in [6, 6.07) is 10.8. The molecule has 0 spiro atoms. The number of hydrogen-bond acceptors (Lipinski definition) is 1. The number of rotatable bonds is 23. The monoisotopic (exact) mass is 494 g/mol. The van der Waals surface area contributed by atoms with Crippen LogP contribution < -0.4 is 0 Å². The maximum absolute atomic E-state index is 5.00. The van der Waals surface area contributed by atoms with Gasteiger partial charge in [0.25, 0.3) is 0 Å². The molecule has 2 heteroatoms. The van der Waals surface area contributed by atoms with Crippen LogP contribution in [0.3, 0.4) is 0 Å². The lowest BCUT2D eigenvalue weighted by Crippen LogP contribution is -2.04. The Hall–Kier alpha value is -1.57. The van der Waals surface area contributed by atoms with E-state index in [-0.39, 0.29) is 0 Å². The van der Waals surface area contributed by atoms with Gasteiger partial charge in [0.2, 0.25) is 0 Å². The minimum Gasteiger partial charge on any atom is -0.334 e. The molecule has 0 N–H and O–H groups in total. The molecule has 0 aliphatic carbocycles. The van der Waals surface area contributed by atoms with Crippen molar-refractivity contribution >= 4 is 0 Å². The summed E-state index contributed by atoms with van der Waals surface area (Å²) in [6.45, 7) is 8.00. The molecule has 0 amide bonds. The quantitative estimate of drug-likeness (QED) is 0.140. The summed E-state index contributed by atoms with van der Waals surface area (Å²) in [5.74, 6) is 1.78. The number of hydrogen-bond donors (Lipinski definition) is 0. The standard InChI is InChI=1S/C34H58N2/c1-4-5-6-7-8-9-10-11-12-13-14-15-16-17-18-19-23-29-36-30-33(35-34(36)31(2)3)28-24-27-32-25-21-20-22-26-32/h20-22,25-26,30-31H,4-19,23-24,27-29H2,1-3H3. The first-order valence-corrected chi connectivity index (χ1v) is 15.8. The molecule has 0 unspecified atom stereocenters. The summed E-state index contributed by atoms with van der Waals surface area (Å²) in [6.07, 6.45) is 30.1. The van der Waals surface area contributed by atoms with E-state index in [9.17, 15) is 0 Å². The van der Waals surface area contributed by atoms with E-state index in [0.717, 1.165) is 19.4 Å². The van der Waals surface area contributed by atoms with E-state index in [2.05, 4.69) is 61.9 Å². The highest BCUT2D eigenvalue weighted by Crippen LogP contribution is 2.18. The SMILES string of the molecule is CCCCCCCCCCCCCCCCCCCn1cc(CCCc2ccccc2)nc1C(C)C. The van der Waals surface area contributed by atoms with Crippen molar-refractivity contribution in [2.24, 2.45) is 0 Å². The van der Waals surface area contributed by atoms with Gasteiger partial charge in [0.05, 0.1) is 5.69 Å². The van der Waals surface area contributed by atoms with E-state index in [1.807, 2.05) is 0 Å². The number of unbranched alkanes of at least 4 members (excludes halogenated alkanes) is 16. The van der Waals surface area contributed by atoms with E-state index in [1.165, 1.54) is 133 Å². The van der Waals surface area contributed by atoms with Crippen molar-refractivity contribution < 1.29 is 0 Å². The fourth-order valence-corrected chi connectivity index (χ4v) is 5.37. The van der Waals surface area contributed by atoms with Crippen LogP contribution in [0.25, 0.3) is 0 Å². The van der Waals surface area contributed by atoms with Crippen molar-refractivity contribution in [1.82, 2.24) is 9.55 Å². The van der Waals surface area contributed by atoms with Gasteiger partial charge in [-0.1, -0.05) is 154 Å². The summed E-state index contributed by atoms with van der Waals surface area (Å²) in [7, 11) is 0. The van der Waals surface area contributed by atoms with Gasteiger partial charge in [-0.3, -0.25) is 0 Å². The molecular weight excluding hydrogens is 436 g/mol. The van der Waals surface area contributed by atoms with Gasteiger partial charge in [-0.15, -0.1) is 0 Å². The van der Waals surface area contributed by atoms with Gasteiger partial charge in [0.15, 0.2) is 0 Å². The highest BCUT2D eigenvalue weighted by atomic mass is 15.1. The third-order valence-electron chi connectivity index (χ3n) is 7.62. The average Bonchev–Trinajstić information content (AvgIpc) is 3.30. The highest BCUT2D eigenvalue weighted by molar-refractivity contribution is 5.15. The second kappa shape index (κ2) is 20.5. The molecule has 1 heterocycles. The Labute approximate surface area is 224 Å². The summed E-state index contributed by atoms with van der Waals surface area (Å²) < 4.78 is 2.45. The van der Waals surface area contributed by atoms with Crippen LogP contribution in [-0.4, -0.2) is 9.55 Å². The Balaban J connectivity index is 1.46. The molecule has 0 aliphatic rings. The number of imidazole rings is 1. The van der Waals surface area contributed by atoms with Crippen LogP contribution in [-0.2, 0) is 19.4 Å². The van der Waals surface area contributed by atoms with E-state index >= 15 is 0 Å². The van der Waals surface area contributed by atoms with Crippen LogP contribution in [0.2, 0.25) is 0 Å². The Morgan fingerprint density at radius 3 is 1.61 bits per heavy atom. The molecule has 0 atom stereocenters. The second-order valence-corrected chi connectivity index (χ2v) is 11.4. The summed E-state index contributed by atoms with van der Waals surface area (Å²) in [5, 5.41) is 0. The lowest BCUT2D eigenvalue weighted by Gasteiger charge is -2.10. The fourth-order valence-electron chi connectivity index (χ4n) is 5.37. The first kappa shape index (κ1) is 30.7. The zero-order valence-corrected chi connectivity index (χ0v) is 24.3. The predicted octanol–water partition coefficient (Wildman–Crippen LogP) is 10.8. The lowest BCUT2D eigenvalue weighted by atomic mass is 10.0. The first-order chi connectivity index (χ1) is 17.7. The third-order valence-corrected chi connectivity index (χ3v) is 7.62. The van der Waals surface area contributed by atoms with Crippen LogP contribution in [0.4, 0.5) is 0 Å². The smallest absolute Gasteiger partial charge is 0.111 e. The van der Waals surface area contributed by atoms with Crippen LogP contribution in [0.5, 0.6) is 0 Å². The topological polar surface area (TPSA) is 17.8 Å². The zero-order chi connectivity index (χ0) is 25.7. The van der Waals surface area contributed by atoms with Crippen molar-refractivity contribution in [3.8, 4) is 0 Å². The third kappa shape index (κ3) is 14.2. The Morgan fingerprint density at radius 2 is 1.11 bits per heavy atom. The van der Waals surface area contributed by atoms with E-state index in [0.29, 0.717) is 5.92 Å². The average molecular weight is 495 g/mol. The maximum atomic E-state index is 5.00. The number of aromatic nitrogens is 2. The molecule has 0 bridgehead atoms. The second-order valence-electron chi connectivity index (χ2n) is 11.4. The van der Waals surface area contributed by atoms with Gasteiger partial charge >= 0.3 is 0 Å². The Bertz CT molecular complexity index is 746. The van der Waals surface area contributed by atoms with Crippen LogP contribution in [0.1, 0.15) is 159 Å². The lowest BCUT2D eigenvalue weighted by molar-refractivity contribution is 0.514. The van der Waals surface area contributed by atoms with Crippen molar-refractivity contribution in [3.63, 3.8) is 0 Å². The maximum Gasteiger partial charge on any atom is 0.111 e. The summed E-state index contributed by atoms with van der Waals surface area (Å²) in [5.41, 5.74) is 2.71. The van der Waals surface area contributed by atoms with E-state index in [4.69, 9.17) is 4.98 Å². The molecule has 0 saturated heterocycles. The highest BCUT2D eigenvalue weighted by Gasteiger charge is 2.11. The number of benzene rings is 1. The first-order valence-electron chi connectivity index (χ1n) is 15.8. The minimum absolute atomic E-state index is 0.499. The molecule has 2 rings (SSSR count). The molecule has 0 fully saturated rings. The number of nitrogens with zero attached hydrogens (tertiary/aromatic N) is 2. The van der Waals surface area contributed by atoms with Gasteiger partial charge in [-0.2, -0.15) is 0 Å².